The Morgan fingerprint density at radius 3 is 2.32 bits per heavy atom. The molecule has 0 spiro atoms. The van der Waals surface area contributed by atoms with Gasteiger partial charge in [0.25, 0.3) is 5.91 Å². The third kappa shape index (κ3) is 4.82. The first-order valence-electron chi connectivity index (χ1n) is 8.43. The molecule has 0 fully saturated rings. The zero-order valence-electron chi connectivity index (χ0n) is 14.8. The number of sulfonamides is 1. The highest BCUT2D eigenvalue weighted by Crippen LogP contribution is 2.15. The molecule has 0 aromatic heterocycles. The topological polar surface area (TPSA) is 99.1 Å². The van der Waals surface area contributed by atoms with Gasteiger partial charge in [-0.05, 0) is 48.0 Å². The van der Waals surface area contributed by atoms with Crippen LogP contribution in [0.15, 0.2) is 83.8 Å². The van der Waals surface area contributed by atoms with Crippen LogP contribution in [0.3, 0.4) is 0 Å². The van der Waals surface area contributed by atoms with Crippen LogP contribution in [0.25, 0.3) is 0 Å². The number of rotatable bonds is 6. The Balaban J connectivity index is 1.68. The molecule has 0 atom stereocenters. The molecule has 3 aromatic rings. The minimum absolute atomic E-state index is 0.0754. The zero-order chi connectivity index (χ0) is 20.0. The first-order valence-corrected chi connectivity index (χ1v) is 9.91. The maximum atomic E-state index is 12.4. The van der Waals surface area contributed by atoms with Crippen molar-refractivity contribution >= 4 is 21.6 Å². The summed E-state index contributed by atoms with van der Waals surface area (Å²) in [5.41, 5.74) is 2.08. The van der Waals surface area contributed by atoms with E-state index in [9.17, 15) is 13.2 Å². The molecule has 0 unspecified atom stereocenters. The summed E-state index contributed by atoms with van der Waals surface area (Å²) in [6.45, 7) is 0.181. The van der Waals surface area contributed by atoms with Crippen LogP contribution in [-0.4, -0.2) is 14.3 Å². The van der Waals surface area contributed by atoms with Crippen LogP contribution >= 0.6 is 0 Å². The van der Waals surface area contributed by atoms with Gasteiger partial charge < -0.3 is 5.32 Å². The summed E-state index contributed by atoms with van der Waals surface area (Å²) in [5, 5.41) is 11.6. The lowest BCUT2D eigenvalue weighted by Crippen LogP contribution is -2.23. The van der Waals surface area contributed by atoms with Gasteiger partial charge in [-0.15, -0.1) is 0 Å². The molecule has 3 rings (SSSR count). The van der Waals surface area contributed by atoms with E-state index < -0.39 is 15.9 Å². The molecule has 0 saturated heterocycles. The highest BCUT2D eigenvalue weighted by Gasteiger charge is 2.15. The molecule has 0 saturated carbocycles. The highest BCUT2D eigenvalue weighted by molar-refractivity contribution is 7.89. The molecule has 0 radical (unpaired) electrons. The van der Waals surface area contributed by atoms with Crippen molar-refractivity contribution < 1.29 is 13.2 Å². The summed E-state index contributed by atoms with van der Waals surface area (Å²) >= 11 is 0. The molecule has 7 heteroatoms. The van der Waals surface area contributed by atoms with Crippen molar-refractivity contribution in [1.29, 1.82) is 5.26 Å². The Bertz CT molecular complexity index is 1120. The number of hydrogen-bond donors (Lipinski definition) is 2. The molecule has 140 valence electrons. The second-order valence-electron chi connectivity index (χ2n) is 5.98. The van der Waals surface area contributed by atoms with E-state index in [1.165, 1.54) is 24.3 Å². The number of nitriles is 1. The Kier molecular flexibility index (Phi) is 5.84. The maximum absolute atomic E-state index is 12.4. The van der Waals surface area contributed by atoms with Crippen molar-refractivity contribution in [3.8, 4) is 6.07 Å². The molecule has 0 aliphatic carbocycles. The van der Waals surface area contributed by atoms with Gasteiger partial charge in [0.15, 0.2) is 0 Å². The van der Waals surface area contributed by atoms with Gasteiger partial charge in [-0.25, -0.2) is 13.1 Å². The van der Waals surface area contributed by atoms with Crippen LogP contribution < -0.4 is 10.0 Å². The molecular weight excluding hydrogens is 374 g/mol. The first kappa shape index (κ1) is 19.3. The second kappa shape index (κ2) is 8.48. The lowest BCUT2D eigenvalue weighted by Gasteiger charge is -2.09. The van der Waals surface area contributed by atoms with Crippen LogP contribution in [0.1, 0.15) is 21.5 Å². The van der Waals surface area contributed by atoms with Gasteiger partial charge in [0.2, 0.25) is 10.0 Å². The van der Waals surface area contributed by atoms with E-state index in [1.807, 2.05) is 36.4 Å². The van der Waals surface area contributed by atoms with Gasteiger partial charge in [0.1, 0.15) is 0 Å². The Hall–Kier alpha value is -3.47. The largest absolute Gasteiger partial charge is 0.322 e. The quantitative estimate of drug-likeness (QED) is 0.673. The summed E-state index contributed by atoms with van der Waals surface area (Å²) in [5.74, 6) is -0.392. The lowest BCUT2D eigenvalue weighted by atomic mass is 10.2. The summed E-state index contributed by atoms with van der Waals surface area (Å²) in [6.07, 6.45) is 0. The number of hydrogen-bond acceptors (Lipinski definition) is 4. The molecule has 28 heavy (non-hydrogen) atoms. The minimum Gasteiger partial charge on any atom is -0.322 e. The smallest absolute Gasteiger partial charge is 0.255 e. The zero-order valence-corrected chi connectivity index (χ0v) is 15.6. The Morgan fingerprint density at radius 1 is 0.929 bits per heavy atom. The third-order valence-corrected chi connectivity index (χ3v) is 5.40. The maximum Gasteiger partial charge on any atom is 0.255 e. The van der Waals surface area contributed by atoms with E-state index in [0.29, 0.717) is 16.8 Å². The number of nitrogens with one attached hydrogen (secondary N) is 2. The average molecular weight is 391 g/mol. The molecule has 2 N–H and O–H groups in total. The van der Waals surface area contributed by atoms with Crippen LogP contribution in [-0.2, 0) is 16.6 Å². The fourth-order valence-electron chi connectivity index (χ4n) is 2.51. The Morgan fingerprint density at radius 2 is 1.64 bits per heavy atom. The highest BCUT2D eigenvalue weighted by atomic mass is 32.2. The van der Waals surface area contributed by atoms with E-state index in [-0.39, 0.29) is 11.4 Å². The standard InChI is InChI=1S/C21H17N3O3S/c22-14-17-7-4-8-19(13-17)24-21(25)18-9-11-20(12-10-18)28(26,27)23-15-16-5-2-1-3-6-16/h1-13,23H,15H2,(H,24,25). The van der Waals surface area contributed by atoms with Crippen molar-refractivity contribution in [2.24, 2.45) is 0 Å². The fourth-order valence-corrected chi connectivity index (χ4v) is 3.53. The van der Waals surface area contributed by atoms with Crippen molar-refractivity contribution in [3.05, 3.63) is 95.6 Å². The SMILES string of the molecule is N#Cc1cccc(NC(=O)c2ccc(S(=O)(=O)NCc3ccccc3)cc2)c1. The van der Waals surface area contributed by atoms with Crippen LogP contribution in [0.4, 0.5) is 5.69 Å². The first-order chi connectivity index (χ1) is 13.5. The molecule has 3 aromatic carbocycles. The molecule has 0 aliphatic rings. The lowest BCUT2D eigenvalue weighted by molar-refractivity contribution is 0.102. The van der Waals surface area contributed by atoms with Crippen LogP contribution in [0, 0.1) is 11.3 Å². The number of amides is 1. The second-order valence-corrected chi connectivity index (χ2v) is 7.75. The van der Waals surface area contributed by atoms with Crippen LogP contribution in [0.5, 0.6) is 0 Å². The molecule has 1 amide bonds. The molecule has 6 nitrogen and oxygen atoms in total. The van der Waals surface area contributed by atoms with Crippen molar-refractivity contribution in [1.82, 2.24) is 4.72 Å². The molecule has 0 heterocycles. The van der Waals surface area contributed by atoms with E-state index in [4.69, 9.17) is 5.26 Å². The van der Waals surface area contributed by atoms with Gasteiger partial charge in [-0.3, -0.25) is 4.79 Å². The molecule has 0 aliphatic heterocycles. The summed E-state index contributed by atoms with van der Waals surface area (Å²) < 4.78 is 27.3. The van der Waals surface area contributed by atoms with Gasteiger partial charge in [0, 0.05) is 17.8 Å². The minimum atomic E-state index is -3.69. The predicted molar refractivity (Wildman–Crippen MR) is 106 cm³/mol. The molecular formula is C21H17N3O3S. The van der Waals surface area contributed by atoms with E-state index in [1.54, 1.807) is 24.3 Å². The normalized spacial score (nSPS) is 10.8. The van der Waals surface area contributed by atoms with Gasteiger partial charge in [-0.2, -0.15) is 5.26 Å². The van der Waals surface area contributed by atoms with Gasteiger partial charge in [0.05, 0.1) is 16.5 Å². The third-order valence-electron chi connectivity index (χ3n) is 3.99. The van der Waals surface area contributed by atoms with Crippen molar-refractivity contribution in [2.75, 3.05) is 5.32 Å². The van der Waals surface area contributed by atoms with Crippen molar-refractivity contribution in [3.63, 3.8) is 0 Å². The summed E-state index contributed by atoms with van der Waals surface area (Å²) in [7, 11) is -3.69. The van der Waals surface area contributed by atoms with E-state index >= 15 is 0 Å². The molecule has 0 bridgehead atoms. The van der Waals surface area contributed by atoms with Gasteiger partial charge in [-0.1, -0.05) is 36.4 Å². The Labute approximate surface area is 163 Å². The number of carbonyl (C=O) groups excluding carboxylic acids is 1. The predicted octanol–water partition coefficient (Wildman–Crippen LogP) is 3.29. The monoisotopic (exact) mass is 391 g/mol. The van der Waals surface area contributed by atoms with Gasteiger partial charge >= 0.3 is 0 Å². The summed E-state index contributed by atoms with van der Waals surface area (Å²) in [4.78, 5) is 12.4. The number of benzene rings is 3. The number of nitrogens with zero attached hydrogens (tertiary/aromatic N) is 1. The van der Waals surface area contributed by atoms with E-state index in [2.05, 4.69) is 10.0 Å². The van der Waals surface area contributed by atoms with Crippen LogP contribution in [0.2, 0.25) is 0 Å². The number of carbonyl (C=O) groups is 1. The van der Waals surface area contributed by atoms with E-state index in [0.717, 1.165) is 5.56 Å². The summed E-state index contributed by atoms with van der Waals surface area (Å²) in [6, 6.07) is 23.4. The fraction of sp³-hybridized carbons (Fsp3) is 0.0476. The van der Waals surface area contributed by atoms with Crippen molar-refractivity contribution in [2.45, 2.75) is 11.4 Å². The average Bonchev–Trinajstić information content (AvgIpc) is 2.73. The number of anilines is 1.